The van der Waals surface area contributed by atoms with Crippen molar-refractivity contribution in [2.45, 2.75) is 13.0 Å². The summed E-state index contributed by atoms with van der Waals surface area (Å²) in [6.45, 7) is 6.00. The number of ether oxygens (including phenoxy) is 4. The van der Waals surface area contributed by atoms with Gasteiger partial charge in [-0.2, -0.15) is 0 Å². The molecule has 1 aromatic carbocycles. The average Bonchev–Trinajstić information content (AvgIpc) is 2.50. The Balaban J connectivity index is 2.00. The van der Waals surface area contributed by atoms with Crippen molar-refractivity contribution in [2.24, 2.45) is 0 Å². The first-order valence-electron chi connectivity index (χ1n) is 7.04. The van der Waals surface area contributed by atoms with Crippen LogP contribution in [-0.2, 0) is 9.47 Å². The lowest BCUT2D eigenvalue weighted by molar-refractivity contribution is 0.0587. The second-order valence-electron chi connectivity index (χ2n) is 4.58. The molecule has 1 N–H and O–H groups in total. The first-order chi connectivity index (χ1) is 9.85. The van der Waals surface area contributed by atoms with E-state index in [0.717, 1.165) is 23.6 Å². The quantitative estimate of drug-likeness (QED) is 0.736. The fourth-order valence-electron chi connectivity index (χ4n) is 2.14. The molecule has 0 fully saturated rings. The summed E-state index contributed by atoms with van der Waals surface area (Å²) in [4.78, 5) is 0. The zero-order valence-electron chi connectivity index (χ0n) is 12.2. The Morgan fingerprint density at radius 2 is 2.00 bits per heavy atom. The molecular formula is C15H23NO4. The highest BCUT2D eigenvalue weighted by atomic mass is 16.6. The van der Waals surface area contributed by atoms with E-state index in [4.69, 9.17) is 18.9 Å². The summed E-state index contributed by atoms with van der Waals surface area (Å²) in [7, 11) is 1.67. The van der Waals surface area contributed by atoms with E-state index in [2.05, 4.69) is 18.3 Å². The summed E-state index contributed by atoms with van der Waals surface area (Å²) < 4.78 is 21.8. The lowest BCUT2D eigenvalue weighted by Crippen LogP contribution is -2.26. The molecule has 1 atom stereocenters. The Kier molecular flexibility index (Phi) is 6.11. The molecule has 0 aliphatic carbocycles. The summed E-state index contributed by atoms with van der Waals surface area (Å²) in [5.41, 5.74) is 1.15. The van der Waals surface area contributed by atoms with Crippen molar-refractivity contribution in [2.75, 3.05) is 46.7 Å². The van der Waals surface area contributed by atoms with Gasteiger partial charge >= 0.3 is 0 Å². The molecule has 1 heterocycles. The molecule has 0 bridgehead atoms. The molecule has 0 amide bonds. The molecule has 20 heavy (non-hydrogen) atoms. The van der Waals surface area contributed by atoms with E-state index in [1.807, 2.05) is 12.1 Å². The number of benzene rings is 1. The highest BCUT2D eigenvalue weighted by molar-refractivity contribution is 5.44. The predicted molar refractivity (Wildman–Crippen MR) is 76.5 cm³/mol. The van der Waals surface area contributed by atoms with E-state index in [0.29, 0.717) is 33.0 Å². The zero-order chi connectivity index (χ0) is 14.2. The molecule has 0 spiro atoms. The van der Waals surface area contributed by atoms with Crippen LogP contribution in [0.1, 0.15) is 18.5 Å². The third kappa shape index (κ3) is 4.10. The Hall–Kier alpha value is -1.30. The Morgan fingerprint density at radius 1 is 1.20 bits per heavy atom. The number of hydrogen-bond acceptors (Lipinski definition) is 5. The standard InChI is InChI=1S/C15H23NO4/c1-3-16-13(11-18-7-6-17-2)12-4-5-14-15(10-12)20-9-8-19-14/h4-5,10,13,16H,3,6-9,11H2,1-2H3. The molecule has 0 saturated heterocycles. The van der Waals surface area contributed by atoms with E-state index in [1.165, 1.54) is 0 Å². The second-order valence-corrected chi connectivity index (χ2v) is 4.58. The second kappa shape index (κ2) is 8.09. The SMILES string of the molecule is CCNC(COCCOC)c1ccc2c(c1)OCCO2. The Morgan fingerprint density at radius 3 is 2.75 bits per heavy atom. The summed E-state index contributed by atoms with van der Waals surface area (Å²) in [5, 5.41) is 3.42. The number of methoxy groups -OCH3 is 1. The molecular weight excluding hydrogens is 258 g/mol. The lowest BCUT2D eigenvalue weighted by atomic mass is 10.1. The number of nitrogens with one attached hydrogen (secondary N) is 1. The molecule has 1 aromatic rings. The van der Waals surface area contributed by atoms with Gasteiger partial charge in [-0.15, -0.1) is 0 Å². The van der Waals surface area contributed by atoms with Gasteiger partial charge in [0.15, 0.2) is 11.5 Å². The van der Waals surface area contributed by atoms with Crippen LogP contribution in [-0.4, -0.2) is 46.7 Å². The van der Waals surface area contributed by atoms with Crippen LogP contribution in [0.4, 0.5) is 0 Å². The van der Waals surface area contributed by atoms with Gasteiger partial charge < -0.3 is 24.3 Å². The monoisotopic (exact) mass is 281 g/mol. The van der Waals surface area contributed by atoms with Gasteiger partial charge in [0, 0.05) is 7.11 Å². The molecule has 0 saturated carbocycles. The minimum atomic E-state index is 0.146. The van der Waals surface area contributed by atoms with Gasteiger partial charge in [0.05, 0.1) is 25.9 Å². The first kappa shape index (κ1) is 15.1. The first-order valence-corrected chi connectivity index (χ1v) is 7.04. The van der Waals surface area contributed by atoms with Gasteiger partial charge in [0.1, 0.15) is 13.2 Å². The van der Waals surface area contributed by atoms with Crippen LogP contribution in [0.3, 0.4) is 0 Å². The van der Waals surface area contributed by atoms with Crippen molar-refractivity contribution in [1.29, 1.82) is 0 Å². The van der Waals surface area contributed by atoms with Crippen LogP contribution in [0.25, 0.3) is 0 Å². The van der Waals surface area contributed by atoms with Gasteiger partial charge in [-0.05, 0) is 24.2 Å². The van der Waals surface area contributed by atoms with E-state index >= 15 is 0 Å². The Bertz CT molecular complexity index is 411. The predicted octanol–water partition coefficient (Wildman–Crippen LogP) is 1.77. The van der Waals surface area contributed by atoms with Crippen molar-refractivity contribution < 1.29 is 18.9 Å². The normalized spacial score (nSPS) is 15.1. The molecule has 1 aliphatic rings. The molecule has 5 nitrogen and oxygen atoms in total. The molecule has 2 rings (SSSR count). The van der Waals surface area contributed by atoms with Crippen molar-refractivity contribution in [3.63, 3.8) is 0 Å². The van der Waals surface area contributed by atoms with Gasteiger partial charge in [-0.1, -0.05) is 13.0 Å². The molecule has 112 valence electrons. The fourth-order valence-corrected chi connectivity index (χ4v) is 2.14. The number of likely N-dealkylation sites (N-methyl/N-ethyl adjacent to an activating group) is 1. The van der Waals surface area contributed by atoms with Crippen LogP contribution in [0.2, 0.25) is 0 Å². The maximum Gasteiger partial charge on any atom is 0.161 e. The smallest absolute Gasteiger partial charge is 0.161 e. The summed E-state index contributed by atoms with van der Waals surface area (Å²) >= 11 is 0. The van der Waals surface area contributed by atoms with Crippen LogP contribution in [0.5, 0.6) is 11.5 Å². The maximum absolute atomic E-state index is 5.63. The van der Waals surface area contributed by atoms with E-state index in [-0.39, 0.29) is 6.04 Å². The largest absolute Gasteiger partial charge is 0.486 e. The highest BCUT2D eigenvalue weighted by Gasteiger charge is 2.16. The number of hydrogen-bond donors (Lipinski definition) is 1. The van der Waals surface area contributed by atoms with Crippen molar-refractivity contribution in [1.82, 2.24) is 5.32 Å². The summed E-state index contributed by atoms with van der Waals surface area (Å²) in [6, 6.07) is 6.19. The average molecular weight is 281 g/mol. The summed E-state index contributed by atoms with van der Waals surface area (Å²) in [5.74, 6) is 1.63. The van der Waals surface area contributed by atoms with Gasteiger partial charge in [-0.25, -0.2) is 0 Å². The Labute approximate surface area is 120 Å². The molecule has 1 unspecified atom stereocenters. The minimum Gasteiger partial charge on any atom is -0.486 e. The van der Waals surface area contributed by atoms with Gasteiger partial charge in [-0.3, -0.25) is 0 Å². The molecule has 1 aliphatic heterocycles. The number of rotatable bonds is 8. The van der Waals surface area contributed by atoms with Crippen LogP contribution in [0, 0.1) is 0 Å². The van der Waals surface area contributed by atoms with Crippen molar-refractivity contribution >= 4 is 0 Å². The minimum absolute atomic E-state index is 0.146. The van der Waals surface area contributed by atoms with Crippen LogP contribution in [0.15, 0.2) is 18.2 Å². The molecule has 5 heteroatoms. The highest BCUT2D eigenvalue weighted by Crippen LogP contribution is 2.32. The van der Waals surface area contributed by atoms with Crippen molar-refractivity contribution in [3.05, 3.63) is 23.8 Å². The van der Waals surface area contributed by atoms with Gasteiger partial charge in [0.2, 0.25) is 0 Å². The van der Waals surface area contributed by atoms with E-state index in [1.54, 1.807) is 7.11 Å². The zero-order valence-corrected chi connectivity index (χ0v) is 12.2. The molecule has 0 radical (unpaired) electrons. The fraction of sp³-hybridized carbons (Fsp3) is 0.600. The number of fused-ring (bicyclic) bond motifs is 1. The van der Waals surface area contributed by atoms with Crippen LogP contribution >= 0.6 is 0 Å². The van der Waals surface area contributed by atoms with Crippen molar-refractivity contribution in [3.8, 4) is 11.5 Å². The lowest BCUT2D eigenvalue weighted by Gasteiger charge is -2.22. The maximum atomic E-state index is 5.63. The summed E-state index contributed by atoms with van der Waals surface area (Å²) in [6.07, 6.45) is 0. The molecule has 0 aromatic heterocycles. The third-order valence-electron chi connectivity index (χ3n) is 3.14. The third-order valence-corrected chi connectivity index (χ3v) is 3.14. The topological polar surface area (TPSA) is 49.0 Å². The van der Waals surface area contributed by atoms with E-state index < -0.39 is 0 Å². The van der Waals surface area contributed by atoms with Crippen LogP contribution < -0.4 is 14.8 Å². The van der Waals surface area contributed by atoms with Gasteiger partial charge in [0.25, 0.3) is 0 Å². The van der Waals surface area contributed by atoms with E-state index in [9.17, 15) is 0 Å².